The van der Waals surface area contributed by atoms with Gasteiger partial charge in [0.25, 0.3) is 0 Å². The SMILES string of the molecule is Cc1cc(-c2cc(N)ccc2Cl)ncn1. The normalized spacial score (nSPS) is 10.3. The predicted octanol–water partition coefficient (Wildman–Crippen LogP) is 2.69. The van der Waals surface area contributed by atoms with E-state index in [1.54, 1.807) is 12.1 Å². The van der Waals surface area contributed by atoms with Crippen molar-refractivity contribution in [1.82, 2.24) is 9.97 Å². The van der Waals surface area contributed by atoms with Crippen molar-refractivity contribution in [3.05, 3.63) is 41.3 Å². The lowest BCUT2D eigenvalue weighted by Gasteiger charge is -2.04. The number of halogens is 1. The van der Waals surface area contributed by atoms with Crippen molar-refractivity contribution < 1.29 is 0 Å². The van der Waals surface area contributed by atoms with E-state index in [4.69, 9.17) is 17.3 Å². The molecule has 1 heterocycles. The number of aromatic nitrogens is 2. The lowest BCUT2D eigenvalue weighted by atomic mass is 10.1. The Morgan fingerprint density at radius 1 is 1.20 bits per heavy atom. The third kappa shape index (κ3) is 2.07. The summed E-state index contributed by atoms with van der Waals surface area (Å²) in [7, 11) is 0. The van der Waals surface area contributed by atoms with Gasteiger partial charge in [-0.1, -0.05) is 11.6 Å². The molecule has 0 amide bonds. The molecule has 76 valence electrons. The van der Waals surface area contributed by atoms with Gasteiger partial charge in [0, 0.05) is 16.9 Å². The number of benzene rings is 1. The maximum absolute atomic E-state index is 6.07. The fourth-order valence-corrected chi connectivity index (χ4v) is 1.56. The number of nitrogens with two attached hydrogens (primary N) is 1. The van der Waals surface area contributed by atoms with Crippen LogP contribution in [0.5, 0.6) is 0 Å². The van der Waals surface area contributed by atoms with Crippen molar-refractivity contribution in [3.8, 4) is 11.3 Å². The monoisotopic (exact) mass is 219 g/mol. The Balaban J connectivity index is 2.58. The minimum absolute atomic E-state index is 0.641. The Morgan fingerprint density at radius 3 is 2.73 bits per heavy atom. The standard InChI is InChI=1S/C11H10ClN3/c1-7-4-11(15-6-14-7)9-5-8(13)2-3-10(9)12/h2-6H,13H2,1H3. The van der Waals surface area contributed by atoms with Gasteiger partial charge >= 0.3 is 0 Å². The molecule has 1 aromatic heterocycles. The number of nitrogens with zero attached hydrogens (tertiary/aromatic N) is 2. The summed E-state index contributed by atoms with van der Waals surface area (Å²) >= 11 is 6.07. The second kappa shape index (κ2) is 3.87. The van der Waals surface area contributed by atoms with E-state index in [1.807, 2.05) is 19.1 Å². The summed E-state index contributed by atoms with van der Waals surface area (Å²) in [4.78, 5) is 8.19. The van der Waals surface area contributed by atoms with Crippen LogP contribution in [0.25, 0.3) is 11.3 Å². The highest BCUT2D eigenvalue weighted by Gasteiger charge is 2.05. The van der Waals surface area contributed by atoms with Gasteiger partial charge in [-0.3, -0.25) is 0 Å². The Labute approximate surface area is 92.9 Å². The fourth-order valence-electron chi connectivity index (χ4n) is 1.34. The summed E-state index contributed by atoms with van der Waals surface area (Å²) in [6, 6.07) is 7.22. The van der Waals surface area contributed by atoms with Crippen LogP contribution in [-0.4, -0.2) is 9.97 Å². The molecule has 0 aliphatic rings. The molecule has 0 bridgehead atoms. The van der Waals surface area contributed by atoms with Gasteiger partial charge < -0.3 is 5.73 Å². The lowest BCUT2D eigenvalue weighted by Crippen LogP contribution is -1.91. The van der Waals surface area contributed by atoms with Gasteiger partial charge in [0.1, 0.15) is 6.33 Å². The van der Waals surface area contributed by atoms with Crippen molar-refractivity contribution in [2.24, 2.45) is 0 Å². The van der Waals surface area contributed by atoms with Crippen LogP contribution < -0.4 is 5.73 Å². The third-order valence-corrected chi connectivity index (χ3v) is 2.40. The molecule has 1 aromatic carbocycles. The second-order valence-electron chi connectivity index (χ2n) is 3.28. The van der Waals surface area contributed by atoms with Crippen LogP contribution in [0.2, 0.25) is 5.02 Å². The van der Waals surface area contributed by atoms with Crippen LogP contribution in [0.3, 0.4) is 0 Å². The van der Waals surface area contributed by atoms with Crippen LogP contribution in [-0.2, 0) is 0 Å². The topological polar surface area (TPSA) is 51.8 Å². The molecular formula is C11H10ClN3. The van der Waals surface area contributed by atoms with Gasteiger partial charge in [-0.15, -0.1) is 0 Å². The van der Waals surface area contributed by atoms with Crippen molar-refractivity contribution in [3.63, 3.8) is 0 Å². The van der Waals surface area contributed by atoms with E-state index in [2.05, 4.69) is 9.97 Å². The van der Waals surface area contributed by atoms with Crippen molar-refractivity contribution in [1.29, 1.82) is 0 Å². The number of hydrogen-bond donors (Lipinski definition) is 1. The van der Waals surface area contributed by atoms with Gasteiger partial charge in [0.15, 0.2) is 0 Å². The van der Waals surface area contributed by atoms with Gasteiger partial charge in [-0.05, 0) is 31.2 Å². The molecule has 2 aromatic rings. The minimum Gasteiger partial charge on any atom is -0.399 e. The highest BCUT2D eigenvalue weighted by atomic mass is 35.5. The largest absolute Gasteiger partial charge is 0.399 e. The molecule has 0 spiro atoms. The fraction of sp³-hybridized carbons (Fsp3) is 0.0909. The van der Waals surface area contributed by atoms with Gasteiger partial charge in [0.2, 0.25) is 0 Å². The molecule has 15 heavy (non-hydrogen) atoms. The molecule has 0 saturated heterocycles. The van der Waals surface area contributed by atoms with Crippen LogP contribution in [0.4, 0.5) is 5.69 Å². The summed E-state index contributed by atoms with van der Waals surface area (Å²) in [5.41, 5.74) is 8.90. The molecule has 2 rings (SSSR count). The number of anilines is 1. The number of rotatable bonds is 1. The van der Waals surface area contributed by atoms with E-state index in [-0.39, 0.29) is 0 Å². The van der Waals surface area contributed by atoms with E-state index >= 15 is 0 Å². The van der Waals surface area contributed by atoms with Gasteiger partial charge in [0.05, 0.1) is 10.7 Å². The first-order valence-corrected chi connectivity index (χ1v) is 4.88. The molecule has 0 aliphatic carbocycles. The Bertz CT molecular complexity index is 497. The first kappa shape index (κ1) is 9.93. The highest BCUT2D eigenvalue weighted by Crippen LogP contribution is 2.28. The molecule has 0 radical (unpaired) electrons. The summed E-state index contributed by atoms with van der Waals surface area (Å²) in [6.45, 7) is 1.91. The molecule has 4 heteroatoms. The van der Waals surface area contributed by atoms with E-state index in [9.17, 15) is 0 Å². The highest BCUT2D eigenvalue weighted by molar-refractivity contribution is 6.33. The van der Waals surface area contributed by atoms with Crippen LogP contribution in [0.1, 0.15) is 5.69 Å². The van der Waals surface area contributed by atoms with E-state index in [1.165, 1.54) is 6.33 Å². The van der Waals surface area contributed by atoms with Gasteiger partial charge in [-0.2, -0.15) is 0 Å². The Hall–Kier alpha value is -1.61. The zero-order valence-corrected chi connectivity index (χ0v) is 8.99. The maximum Gasteiger partial charge on any atom is 0.116 e. The summed E-state index contributed by atoms with van der Waals surface area (Å²) in [5, 5.41) is 0.641. The first-order valence-electron chi connectivity index (χ1n) is 4.51. The first-order chi connectivity index (χ1) is 7.16. The molecule has 2 N–H and O–H groups in total. The van der Waals surface area contributed by atoms with Crippen LogP contribution in [0.15, 0.2) is 30.6 Å². The van der Waals surface area contributed by atoms with Crippen molar-refractivity contribution >= 4 is 17.3 Å². The van der Waals surface area contributed by atoms with Gasteiger partial charge in [-0.25, -0.2) is 9.97 Å². The van der Waals surface area contributed by atoms with Crippen molar-refractivity contribution in [2.75, 3.05) is 5.73 Å². The smallest absolute Gasteiger partial charge is 0.116 e. The van der Waals surface area contributed by atoms with Crippen LogP contribution in [0, 0.1) is 6.92 Å². The zero-order chi connectivity index (χ0) is 10.8. The average molecular weight is 220 g/mol. The molecule has 0 fully saturated rings. The molecular weight excluding hydrogens is 210 g/mol. The molecule has 0 aliphatic heterocycles. The van der Waals surface area contributed by atoms with Crippen molar-refractivity contribution in [2.45, 2.75) is 6.92 Å². The van der Waals surface area contributed by atoms with E-state index in [0.29, 0.717) is 10.7 Å². The zero-order valence-electron chi connectivity index (χ0n) is 8.24. The lowest BCUT2D eigenvalue weighted by molar-refractivity contribution is 1.11. The molecule has 0 unspecified atom stereocenters. The molecule has 0 saturated carbocycles. The molecule has 3 nitrogen and oxygen atoms in total. The van der Waals surface area contributed by atoms with E-state index < -0.39 is 0 Å². The minimum atomic E-state index is 0.641. The summed E-state index contributed by atoms with van der Waals surface area (Å²) in [5.74, 6) is 0. The Morgan fingerprint density at radius 2 is 2.00 bits per heavy atom. The quantitative estimate of drug-likeness (QED) is 0.751. The number of aryl methyl sites for hydroxylation is 1. The predicted molar refractivity (Wildman–Crippen MR) is 61.6 cm³/mol. The average Bonchev–Trinajstić information content (AvgIpc) is 2.22. The Kier molecular flexibility index (Phi) is 2.56. The maximum atomic E-state index is 6.07. The number of hydrogen-bond acceptors (Lipinski definition) is 3. The summed E-state index contributed by atoms with van der Waals surface area (Å²) < 4.78 is 0. The number of nitrogen functional groups attached to an aromatic ring is 1. The molecule has 0 atom stereocenters. The van der Waals surface area contributed by atoms with Crippen LogP contribution >= 0.6 is 11.6 Å². The third-order valence-electron chi connectivity index (χ3n) is 2.07. The second-order valence-corrected chi connectivity index (χ2v) is 3.69. The van der Waals surface area contributed by atoms with E-state index in [0.717, 1.165) is 17.0 Å². The summed E-state index contributed by atoms with van der Waals surface area (Å²) in [6.07, 6.45) is 1.52.